The van der Waals surface area contributed by atoms with Gasteiger partial charge in [-0.1, -0.05) is 29.8 Å². The molecule has 0 spiro atoms. The van der Waals surface area contributed by atoms with Gasteiger partial charge < -0.3 is 25.2 Å². The predicted octanol–water partition coefficient (Wildman–Crippen LogP) is 3.09. The van der Waals surface area contributed by atoms with E-state index in [1.165, 1.54) is 29.2 Å². The fourth-order valence-electron chi connectivity index (χ4n) is 4.81. The Morgan fingerprint density at radius 2 is 1.71 bits per heavy atom. The van der Waals surface area contributed by atoms with E-state index < -0.39 is 35.8 Å². The normalized spacial score (nSPS) is 22.1. The Kier molecular flexibility index (Phi) is 7.65. The molecule has 3 atom stereocenters. The topological polar surface area (TPSA) is 91.0 Å². The second-order valence-electron chi connectivity index (χ2n) is 8.89. The van der Waals surface area contributed by atoms with E-state index in [2.05, 4.69) is 10.6 Å². The first-order chi connectivity index (χ1) is 16.9. The molecular formula is C26H31FN4O4. The van der Waals surface area contributed by atoms with Crippen molar-refractivity contribution >= 4 is 23.6 Å². The van der Waals surface area contributed by atoms with E-state index in [1.807, 2.05) is 31.2 Å². The second kappa shape index (κ2) is 10.9. The van der Waals surface area contributed by atoms with Crippen LogP contribution >= 0.6 is 0 Å². The maximum atomic E-state index is 13.7. The zero-order valence-corrected chi connectivity index (χ0v) is 20.0. The molecule has 4 rings (SSSR count). The molecule has 3 amide bonds. The van der Waals surface area contributed by atoms with E-state index in [1.54, 1.807) is 11.8 Å². The number of urea groups is 1. The highest BCUT2D eigenvalue weighted by atomic mass is 19.1. The van der Waals surface area contributed by atoms with Crippen LogP contribution in [0, 0.1) is 18.7 Å². The minimum Gasteiger partial charge on any atom is -0.466 e. The molecule has 2 fully saturated rings. The van der Waals surface area contributed by atoms with E-state index >= 15 is 0 Å². The Bertz CT molecular complexity index is 1050. The van der Waals surface area contributed by atoms with Gasteiger partial charge in [-0.15, -0.1) is 0 Å². The zero-order chi connectivity index (χ0) is 24.9. The molecule has 3 unspecified atom stereocenters. The number of aryl methyl sites for hydroxylation is 1. The number of piperazine rings is 1. The first kappa shape index (κ1) is 24.7. The number of carbonyl (C=O) groups excluding carboxylic acids is 3. The molecule has 0 radical (unpaired) electrons. The molecule has 2 aromatic rings. The lowest BCUT2D eigenvalue weighted by Crippen LogP contribution is -2.54. The molecule has 2 aromatic carbocycles. The number of rotatable bonds is 5. The number of carbonyl (C=O) groups is 3. The zero-order valence-electron chi connectivity index (χ0n) is 20.0. The Morgan fingerprint density at radius 3 is 2.34 bits per heavy atom. The molecule has 2 aliphatic rings. The number of ether oxygens (including phenoxy) is 1. The monoisotopic (exact) mass is 482 g/mol. The number of benzene rings is 2. The summed E-state index contributed by atoms with van der Waals surface area (Å²) in [6.07, 6.45) is 0.164. The van der Waals surface area contributed by atoms with Crippen LogP contribution in [0.5, 0.6) is 0 Å². The summed E-state index contributed by atoms with van der Waals surface area (Å²) in [5, 5.41) is 6.01. The van der Waals surface area contributed by atoms with Crippen molar-refractivity contribution in [3.05, 3.63) is 65.5 Å². The van der Waals surface area contributed by atoms with E-state index in [0.29, 0.717) is 31.9 Å². The molecule has 2 heterocycles. The van der Waals surface area contributed by atoms with E-state index in [9.17, 15) is 18.8 Å². The van der Waals surface area contributed by atoms with Crippen LogP contribution in [-0.2, 0) is 14.3 Å². The van der Waals surface area contributed by atoms with Crippen molar-refractivity contribution in [2.75, 3.05) is 38.1 Å². The largest absolute Gasteiger partial charge is 0.466 e. The fourth-order valence-corrected chi connectivity index (χ4v) is 4.81. The number of likely N-dealkylation sites (tertiary alicyclic amines) is 1. The number of hydrogen-bond acceptors (Lipinski definition) is 5. The molecule has 0 aliphatic carbocycles. The van der Waals surface area contributed by atoms with Crippen molar-refractivity contribution in [3.63, 3.8) is 0 Å². The van der Waals surface area contributed by atoms with Gasteiger partial charge in [0, 0.05) is 31.9 Å². The van der Waals surface area contributed by atoms with Gasteiger partial charge in [-0.2, -0.15) is 0 Å². The van der Waals surface area contributed by atoms with E-state index in [-0.39, 0.29) is 18.9 Å². The van der Waals surface area contributed by atoms with Gasteiger partial charge in [-0.3, -0.25) is 9.59 Å². The molecule has 35 heavy (non-hydrogen) atoms. The lowest BCUT2D eigenvalue weighted by atomic mass is 9.92. The quantitative estimate of drug-likeness (QED) is 0.640. The van der Waals surface area contributed by atoms with Crippen LogP contribution in [0.1, 0.15) is 30.5 Å². The number of halogens is 1. The Balaban J connectivity index is 1.73. The minimum absolute atomic E-state index is 0.164. The van der Waals surface area contributed by atoms with E-state index in [0.717, 1.165) is 11.1 Å². The summed E-state index contributed by atoms with van der Waals surface area (Å²) in [7, 11) is 0. The molecule has 0 bridgehead atoms. The maximum absolute atomic E-state index is 13.7. The van der Waals surface area contributed by atoms with Crippen molar-refractivity contribution in [1.29, 1.82) is 0 Å². The van der Waals surface area contributed by atoms with Gasteiger partial charge >= 0.3 is 12.0 Å². The highest BCUT2D eigenvalue weighted by molar-refractivity contribution is 5.96. The molecule has 2 aliphatic heterocycles. The second-order valence-corrected chi connectivity index (χ2v) is 8.89. The third-order valence-corrected chi connectivity index (χ3v) is 6.55. The number of hydrogen-bond donors (Lipinski definition) is 2. The van der Waals surface area contributed by atoms with Crippen LogP contribution in [0.4, 0.5) is 14.9 Å². The van der Waals surface area contributed by atoms with Gasteiger partial charge in [-0.25, -0.2) is 9.18 Å². The van der Waals surface area contributed by atoms with Crippen molar-refractivity contribution in [2.24, 2.45) is 5.92 Å². The highest BCUT2D eigenvalue weighted by Crippen LogP contribution is 2.43. The molecular weight excluding hydrogens is 451 g/mol. The molecule has 186 valence electrons. The van der Waals surface area contributed by atoms with Gasteiger partial charge in [0.05, 0.1) is 18.6 Å². The van der Waals surface area contributed by atoms with Crippen molar-refractivity contribution in [2.45, 2.75) is 32.4 Å². The summed E-state index contributed by atoms with van der Waals surface area (Å²) < 4.78 is 18.8. The van der Waals surface area contributed by atoms with Crippen LogP contribution in [0.25, 0.3) is 0 Å². The molecule has 8 nitrogen and oxygen atoms in total. The lowest BCUT2D eigenvalue weighted by molar-refractivity contribution is -0.148. The van der Waals surface area contributed by atoms with Gasteiger partial charge in [0.2, 0.25) is 5.91 Å². The first-order valence-corrected chi connectivity index (χ1v) is 12.0. The summed E-state index contributed by atoms with van der Waals surface area (Å²) in [5.41, 5.74) is 2.18. The molecule has 0 saturated carbocycles. The molecule has 2 saturated heterocycles. The maximum Gasteiger partial charge on any atom is 0.323 e. The highest BCUT2D eigenvalue weighted by Gasteiger charge is 2.52. The van der Waals surface area contributed by atoms with Gasteiger partial charge in [-0.05, 0) is 50.1 Å². The van der Waals surface area contributed by atoms with Crippen LogP contribution in [0.15, 0.2) is 48.5 Å². The van der Waals surface area contributed by atoms with Gasteiger partial charge in [0.15, 0.2) is 0 Å². The van der Waals surface area contributed by atoms with Crippen molar-refractivity contribution in [1.82, 2.24) is 15.1 Å². The first-order valence-electron chi connectivity index (χ1n) is 12.0. The Labute approximate surface area is 204 Å². The predicted molar refractivity (Wildman–Crippen MR) is 129 cm³/mol. The molecule has 2 N–H and O–H groups in total. The number of esters is 1. The summed E-state index contributed by atoms with van der Waals surface area (Å²) in [5.74, 6) is -1.75. The standard InChI is InChI=1S/C26H31FN4O4/c1-3-35-25(33)21-16-22(24(32)30-14-12-28-13-15-30)31(23(21)18-6-4-17(2)5-7-18)26(34)29-20-10-8-19(27)9-11-20/h4-11,21-23,28H,3,12-16H2,1-2H3,(H,29,34). The summed E-state index contributed by atoms with van der Waals surface area (Å²) in [4.78, 5) is 43.6. The number of nitrogens with zero attached hydrogens (tertiary/aromatic N) is 2. The minimum atomic E-state index is -0.839. The third kappa shape index (κ3) is 5.45. The van der Waals surface area contributed by atoms with Crippen molar-refractivity contribution < 1.29 is 23.5 Å². The molecule has 0 aromatic heterocycles. The Morgan fingerprint density at radius 1 is 1.06 bits per heavy atom. The van der Waals surface area contributed by atoms with E-state index in [4.69, 9.17) is 4.74 Å². The van der Waals surface area contributed by atoms with Crippen LogP contribution in [-0.4, -0.2) is 66.5 Å². The number of nitrogens with one attached hydrogen (secondary N) is 2. The summed E-state index contributed by atoms with van der Waals surface area (Å²) in [6, 6.07) is 11.0. The average Bonchev–Trinajstić information content (AvgIpc) is 3.27. The number of amides is 3. The Hall–Kier alpha value is -3.46. The third-order valence-electron chi connectivity index (χ3n) is 6.55. The van der Waals surface area contributed by atoms with Gasteiger partial charge in [0.25, 0.3) is 0 Å². The van der Waals surface area contributed by atoms with Crippen LogP contribution in [0.3, 0.4) is 0 Å². The van der Waals surface area contributed by atoms with Crippen LogP contribution in [0.2, 0.25) is 0 Å². The molecule has 9 heteroatoms. The van der Waals surface area contributed by atoms with Crippen LogP contribution < -0.4 is 10.6 Å². The lowest BCUT2D eigenvalue weighted by Gasteiger charge is -2.35. The summed E-state index contributed by atoms with van der Waals surface area (Å²) >= 11 is 0. The number of anilines is 1. The average molecular weight is 483 g/mol. The van der Waals surface area contributed by atoms with Crippen molar-refractivity contribution in [3.8, 4) is 0 Å². The van der Waals surface area contributed by atoms with Gasteiger partial charge in [0.1, 0.15) is 11.9 Å². The summed E-state index contributed by atoms with van der Waals surface area (Å²) in [6.45, 7) is 6.29. The SMILES string of the molecule is CCOC(=O)C1CC(C(=O)N2CCNCC2)N(C(=O)Nc2ccc(F)cc2)C1c1ccc(C)cc1. The smallest absolute Gasteiger partial charge is 0.323 e. The fraction of sp³-hybridized carbons (Fsp3) is 0.423.